The first-order valence-electron chi connectivity index (χ1n) is 7.19. The molecule has 1 rings (SSSR count). The Morgan fingerprint density at radius 1 is 1.26 bits per heavy atom. The van der Waals surface area contributed by atoms with Gasteiger partial charge < -0.3 is 5.73 Å². The van der Waals surface area contributed by atoms with Crippen molar-refractivity contribution >= 4 is 0 Å². The first kappa shape index (κ1) is 16.1. The Labute approximate surface area is 116 Å². The van der Waals surface area contributed by atoms with Crippen molar-refractivity contribution in [3.05, 3.63) is 35.6 Å². The normalized spacial score (nSPS) is 16.4. The van der Waals surface area contributed by atoms with Crippen LogP contribution in [0.2, 0.25) is 0 Å². The summed E-state index contributed by atoms with van der Waals surface area (Å²) >= 11 is 0. The van der Waals surface area contributed by atoms with E-state index in [1.165, 1.54) is 6.07 Å². The molecule has 3 heteroatoms. The summed E-state index contributed by atoms with van der Waals surface area (Å²) in [6, 6.07) is 7.31. The van der Waals surface area contributed by atoms with Crippen LogP contribution in [-0.4, -0.2) is 24.5 Å². The van der Waals surface area contributed by atoms with Gasteiger partial charge in [0.1, 0.15) is 5.82 Å². The molecule has 2 nitrogen and oxygen atoms in total. The minimum Gasteiger partial charge on any atom is -0.329 e. The van der Waals surface area contributed by atoms with Gasteiger partial charge in [0.15, 0.2) is 0 Å². The highest BCUT2D eigenvalue weighted by molar-refractivity contribution is 5.20. The lowest BCUT2D eigenvalue weighted by molar-refractivity contribution is 0.136. The molecule has 0 fully saturated rings. The molecule has 3 atom stereocenters. The van der Waals surface area contributed by atoms with E-state index >= 15 is 0 Å². The average molecular weight is 266 g/mol. The van der Waals surface area contributed by atoms with Crippen LogP contribution in [0.5, 0.6) is 0 Å². The van der Waals surface area contributed by atoms with Crippen LogP contribution in [0.15, 0.2) is 24.3 Å². The Morgan fingerprint density at radius 2 is 1.89 bits per heavy atom. The second kappa shape index (κ2) is 7.61. The van der Waals surface area contributed by atoms with Crippen molar-refractivity contribution in [1.82, 2.24) is 4.90 Å². The highest BCUT2D eigenvalue weighted by atomic mass is 19.1. The summed E-state index contributed by atoms with van der Waals surface area (Å²) in [5.41, 5.74) is 6.67. The monoisotopic (exact) mass is 266 g/mol. The molecule has 0 radical (unpaired) electrons. The van der Waals surface area contributed by atoms with Crippen molar-refractivity contribution in [3.63, 3.8) is 0 Å². The Balaban J connectivity index is 2.85. The number of nitrogens with zero attached hydrogens (tertiary/aromatic N) is 1. The van der Waals surface area contributed by atoms with Gasteiger partial charge in [0, 0.05) is 24.2 Å². The van der Waals surface area contributed by atoms with E-state index in [1.54, 1.807) is 6.07 Å². The van der Waals surface area contributed by atoms with Gasteiger partial charge in [0.25, 0.3) is 0 Å². The van der Waals surface area contributed by atoms with E-state index in [4.69, 9.17) is 5.73 Å². The van der Waals surface area contributed by atoms with Crippen molar-refractivity contribution in [3.8, 4) is 0 Å². The van der Waals surface area contributed by atoms with E-state index in [0.717, 1.165) is 18.4 Å². The topological polar surface area (TPSA) is 29.3 Å². The number of likely N-dealkylation sites (N-methyl/N-ethyl adjacent to an activating group) is 1. The van der Waals surface area contributed by atoms with Crippen molar-refractivity contribution < 1.29 is 4.39 Å². The summed E-state index contributed by atoms with van der Waals surface area (Å²) in [7, 11) is 2.04. The minimum atomic E-state index is -0.138. The molecule has 19 heavy (non-hydrogen) atoms. The van der Waals surface area contributed by atoms with E-state index in [0.29, 0.717) is 12.5 Å². The van der Waals surface area contributed by atoms with Crippen LogP contribution in [0, 0.1) is 11.7 Å². The van der Waals surface area contributed by atoms with E-state index in [-0.39, 0.29) is 17.9 Å². The largest absolute Gasteiger partial charge is 0.329 e. The minimum absolute atomic E-state index is 0.0362. The van der Waals surface area contributed by atoms with Gasteiger partial charge >= 0.3 is 0 Å². The zero-order chi connectivity index (χ0) is 14.4. The average Bonchev–Trinajstić information content (AvgIpc) is 2.39. The van der Waals surface area contributed by atoms with Crippen LogP contribution in [-0.2, 0) is 0 Å². The first-order valence-corrected chi connectivity index (χ1v) is 7.19. The van der Waals surface area contributed by atoms with E-state index < -0.39 is 0 Å². The number of benzene rings is 1. The lowest BCUT2D eigenvalue weighted by atomic mass is 9.93. The van der Waals surface area contributed by atoms with Gasteiger partial charge in [-0.2, -0.15) is 0 Å². The predicted octanol–water partition coefficient (Wildman–Crippen LogP) is 3.58. The van der Waals surface area contributed by atoms with Crippen LogP contribution in [0.25, 0.3) is 0 Å². The van der Waals surface area contributed by atoms with Crippen LogP contribution < -0.4 is 5.73 Å². The van der Waals surface area contributed by atoms with Gasteiger partial charge in [-0.3, -0.25) is 4.90 Å². The molecule has 0 aliphatic heterocycles. The highest BCUT2D eigenvalue weighted by Crippen LogP contribution is 2.26. The molecule has 3 unspecified atom stereocenters. The Kier molecular flexibility index (Phi) is 6.46. The molecule has 0 saturated heterocycles. The van der Waals surface area contributed by atoms with Crippen molar-refractivity contribution in [2.45, 2.75) is 45.7 Å². The van der Waals surface area contributed by atoms with Gasteiger partial charge in [-0.15, -0.1) is 0 Å². The summed E-state index contributed by atoms with van der Waals surface area (Å²) < 4.78 is 13.9. The van der Waals surface area contributed by atoms with Gasteiger partial charge in [0.05, 0.1) is 0 Å². The maximum atomic E-state index is 13.9. The molecule has 0 spiro atoms. The van der Waals surface area contributed by atoms with E-state index in [9.17, 15) is 4.39 Å². The molecule has 0 aliphatic carbocycles. The molecule has 108 valence electrons. The summed E-state index contributed by atoms with van der Waals surface area (Å²) in [5, 5.41) is 0. The lowest BCUT2D eigenvalue weighted by Crippen LogP contribution is -2.44. The zero-order valence-electron chi connectivity index (χ0n) is 12.6. The van der Waals surface area contributed by atoms with Crippen LogP contribution >= 0.6 is 0 Å². The fourth-order valence-electron chi connectivity index (χ4n) is 2.77. The molecule has 0 heterocycles. The Morgan fingerprint density at radius 3 is 2.42 bits per heavy atom. The predicted molar refractivity (Wildman–Crippen MR) is 79.5 cm³/mol. The first-order chi connectivity index (χ1) is 9.02. The molecule has 1 aromatic rings. The number of rotatable bonds is 7. The molecule has 0 amide bonds. The fourth-order valence-corrected chi connectivity index (χ4v) is 2.77. The second-order valence-corrected chi connectivity index (χ2v) is 5.43. The lowest BCUT2D eigenvalue weighted by Gasteiger charge is -2.36. The van der Waals surface area contributed by atoms with Crippen molar-refractivity contribution in [2.24, 2.45) is 11.7 Å². The molecule has 0 saturated carbocycles. The molecular weight excluding hydrogens is 239 g/mol. The third-order valence-corrected chi connectivity index (χ3v) is 4.13. The van der Waals surface area contributed by atoms with Crippen LogP contribution in [0.4, 0.5) is 4.39 Å². The summed E-state index contributed by atoms with van der Waals surface area (Å²) in [4.78, 5) is 2.21. The third-order valence-electron chi connectivity index (χ3n) is 4.13. The highest BCUT2D eigenvalue weighted by Gasteiger charge is 2.25. The quantitative estimate of drug-likeness (QED) is 0.817. The van der Waals surface area contributed by atoms with Gasteiger partial charge in [-0.1, -0.05) is 38.5 Å². The molecule has 2 N–H and O–H groups in total. The van der Waals surface area contributed by atoms with Gasteiger partial charge in [0.2, 0.25) is 0 Å². The smallest absolute Gasteiger partial charge is 0.127 e. The number of hydrogen-bond donors (Lipinski definition) is 1. The standard InChI is InChI=1S/C16H27FN2/c1-5-8-12(2)16(11-18)19(4)13(3)14-9-6-7-10-15(14)17/h6-7,9-10,12-13,16H,5,8,11,18H2,1-4H3. The molecule has 0 aliphatic rings. The maximum absolute atomic E-state index is 13.9. The van der Waals surface area contributed by atoms with Gasteiger partial charge in [-0.25, -0.2) is 4.39 Å². The molecule has 0 aromatic heterocycles. The fraction of sp³-hybridized carbons (Fsp3) is 0.625. The van der Waals surface area contributed by atoms with E-state index in [2.05, 4.69) is 18.7 Å². The third kappa shape index (κ3) is 4.02. The van der Waals surface area contributed by atoms with Crippen molar-refractivity contribution in [1.29, 1.82) is 0 Å². The zero-order valence-corrected chi connectivity index (χ0v) is 12.6. The maximum Gasteiger partial charge on any atom is 0.127 e. The molecular formula is C16H27FN2. The number of halogens is 1. The van der Waals surface area contributed by atoms with Crippen LogP contribution in [0.1, 0.15) is 45.2 Å². The number of hydrogen-bond acceptors (Lipinski definition) is 2. The van der Waals surface area contributed by atoms with E-state index in [1.807, 2.05) is 26.1 Å². The summed E-state index contributed by atoms with van der Waals surface area (Å²) in [6.07, 6.45) is 2.30. The second-order valence-electron chi connectivity index (χ2n) is 5.43. The number of nitrogens with two attached hydrogens (primary N) is 1. The molecule has 1 aromatic carbocycles. The van der Waals surface area contributed by atoms with Crippen LogP contribution in [0.3, 0.4) is 0 Å². The van der Waals surface area contributed by atoms with Crippen molar-refractivity contribution in [2.75, 3.05) is 13.6 Å². The SMILES string of the molecule is CCCC(C)C(CN)N(C)C(C)c1ccccc1F. The molecule has 0 bridgehead atoms. The Hall–Kier alpha value is -0.930. The summed E-state index contributed by atoms with van der Waals surface area (Å²) in [5.74, 6) is 0.384. The van der Waals surface area contributed by atoms with Gasteiger partial charge in [-0.05, 0) is 32.4 Å². The summed E-state index contributed by atoms with van der Waals surface area (Å²) in [6.45, 7) is 7.06. The Bertz CT molecular complexity index is 381.